The number of rotatable bonds is 4. The van der Waals surface area contributed by atoms with E-state index in [4.69, 9.17) is 9.31 Å². The molecule has 1 aliphatic heterocycles. The van der Waals surface area contributed by atoms with E-state index in [0.717, 1.165) is 5.46 Å². The van der Waals surface area contributed by atoms with Gasteiger partial charge in [-0.2, -0.15) is 0 Å². The summed E-state index contributed by atoms with van der Waals surface area (Å²) >= 11 is 0. The number of pyridine rings is 1. The van der Waals surface area contributed by atoms with Gasteiger partial charge >= 0.3 is 7.12 Å². The Balaban J connectivity index is 2.37. The average molecular weight is 317 g/mol. The first-order valence-corrected chi connectivity index (χ1v) is 7.58. The number of hydrogen-bond donors (Lipinski definition) is 1. The predicted molar refractivity (Wildman–Crippen MR) is 94.3 cm³/mol. The van der Waals surface area contributed by atoms with Crippen LogP contribution in [0.4, 0.5) is 5.69 Å². The lowest BCUT2D eigenvalue weighted by Gasteiger charge is -2.32. The smallest absolute Gasteiger partial charge is 0.399 e. The Bertz CT molecular complexity index is 691. The van der Waals surface area contributed by atoms with Gasteiger partial charge in [0, 0.05) is 24.9 Å². The molecule has 2 rings (SSSR count). The van der Waals surface area contributed by atoms with Crippen LogP contribution < -0.4 is 16.3 Å². The molecule has 2 heterocycles. The summed E-state index contributed by atoms with van der Waals surface area (Å²) < 4.78 is 13.6. The van der Waals surface area contributed by atoms with Gasteiger partial charge in [-0.3, -0.25) is 4.79 Å². The van der Waals surface area contributed by atoms with E-state index in [1.807, 2.05) is 27.7 Å². The van der Waals surface area contributed by atoms with Gasteiger partial charge in [-0.05, 0) is 40.7 Å². The molecule has 7 heteroatoms. The third kappa shape index (κ3) is 3.40. The van der Waals surface area contributed by atoms with Gasteiger partial charge in [0.25, 0.3) is 5.56 Å². The molecular weight excluding hydrogens is 293 g/mol. The number of nitrogens with zero attached hydrogens (tertiary/aromatic N) is 2. The first-order chi connectivity index (χ1) is 10.6. The number of anilines is 1. The van der Waals surface area contributed by atoms with E-state index in [0.29, 0.717) is 11.5 Å². The van der Waals surface area contributed by atoms with Crippen molar-refractivity contribution in [1.82, 2.24) is 4.57 Å². The Morgan fingerprint density at radius 1 is 1.35 bits per heavy atom. The van der Waals surface area contributed by atoms with E-state index >= 15 is 0 Å². The Morgan fingerprint density at radius 3 is 2.43 bits per heavy atom. The van der Waals surface area contributed by atoms with Crippen molar-refractivity contribution >= 4 is 24.5 Å². The average Bonchev–Trinajstić information content (AvgIpc) is 2.64. The first kappa shape index (κ1) is 17.5. The molecule has 23 heavy (non-hydrogen) atoms. The maximum atomic E-state index is 12.3. The van der Waals surface area contributed by atoms with Crippen LogP contribution in [0.1, 0.15) is 34.6 Å². The molecule has 6 nitrogen and oxygen atoms in total. The predicted octanol–water partition coefficient (Wildman–Crippen LogP) is 1.66. The summed E-state index contributed by atoms with van der Waals surface area (Å²) in [5.41, 5.74) is 0.112. The lowest BCUT2D eigenvalue weighted by molar-refractivity contribution is 0.00578. The summed E-state index contributed by atoms with van der Waals surface area (Å²) in [7, 11) is 1.16. The Kier molecular flexibility index (Phi) is 4.55. The SMILES string of the molecule is C=C(N=CC)Nc1cc(B2OC(C)(C)C(C)(C)O2)cn(C)c1=O. The molecule has 0 aromatic carbocycles. The standard InChI is InChI=1S/C16H24BN3O3/c1-8-18-11(2)19-13-9-12(10-20(7)14(13)21)17-22-15(3,4)16(5,6)23-17/h8-10,19H,2H2,1,3-7H3. The van der Waals surface area contributed by atoms with Gasteiger partial charge in [0.2, 0.25) is 0 Å². The van der Waals surface area contributed by atoms with E-state index < -0.39 is 18.3 Å². The maximum Gasteiger partial charge on any atom is 0.496 e. The van der Waals surface area contributed by atoms with Crippen LogP contribution in [0.5, 0.6) is 0 Å². The zero-order chi connectivity index (χ0) is 17.4. The molecular formula is C16H24BN3O3. The molecule has 0 amide bonds. The molecule has 1 saturated heterocycles. The van der Waals surface area contributed by atoms with Crippen LogP contribution in [0.3, 0.4) is 0 Å². The Morgan fingerprint density at radius 2 is 1.91 bits per heavy atom. The third-order valence-electron chi connectivity index (χ3n) is 4.29. The fraction of sp³-hybridized carbons (Fsp3) is 0.500. The fourth-order valence-corrected chi connectivity index (χ4v) is 2.28. The fourth-order valence-electron chi connectivity index (χ4n) is 2.28. The molecule has 0 atom stereocenters. The van der Waals surface area contributed by atoms with Crippen LogP contribution in [-0.4, -0.2) is 29.1 Å². The number of nitrogens with one attached hydrogen (secondary N) is 1. The lowest BCUT2D eigenvalue weighted by Crippen LogP contribution is -2.41. The molecule has 0 aliphatic carbocycles. The zero-order valence-electron chi connectivity index (χ0n) is 14.6. The topological polar surface area (TPSA) is 64.9 Å². The number of hydrogen-bond acceptors (Lipinski definition) is 5. The molecule has 0 bridgehead atoms. The van der Waals surface area contributed by atoms with E-state index in [2.05, 4.69) is 16.9 Å². The summed E-state index contributed by atoms with van der Waals surface area (Å²) in [6, 6.07) is 1.72. The monoisotopic (exact) mass is 317 g/mol. The molecule has 1 N–H and O–H groups in total. The van der Waals surface area contributed by atoms with Gasteiger partial charge in [-0.1, -0.05) is 6.58 Å². The van der Waals surface area contributed by atoms with E-state index in [1.165, 1.54) is 4.57 Å². The van der Waals surface area contributed by atoms with Crippen molar-refractivity contribution in [2.75, 3.05) is 5.32 Å². The van der Waals surface area contributed by atoms with Crippen LogP contribution in [-0.2, 0) is 16.4 Å². The quantitative estimate of drug-likeness (QED) is 0.677. The van der Waals surface area contributed by atoms with Gasteiger partial charge in [-0.15, -0.1) is 0 Å². The molecule has 0 radical (unpaired) electrons. The minimum absolute atomic E-state index is 0.169. The normalized spacial score (nSPS) is 19.3. The summed E-state index contributed by atoms with van der Waals surface area (Å²) in [6.45, 7) is 13.5. The summed E-state index contributed by atoms with van der Waals surface area (Å²) in [5, 5.41) is 2.92. The number of aryl methyl sites for hydroxylation is 1. The summed E-state index contributed by atoms with van der Waals surface area (Å²) in [4.78, 5) is 16.3. The Labute approximate surface area is 137 Å². The molecule has 1 aromatic heterocycles. The van der Waals surface area contributed by atoms with Crippen LogP contribution >= 0.6 is 0 Å². The van der Waals surface area contributed by atoms with Crippen molar-refractivity contribution in [3.8, 4) is 0 Å². The van der Waals surface area contributed by atoms with E-state index in [1.54, 1.807) is 32.4 Å². The molecule has 124 valence electrons. The Hall–Kier alpha value is -1.86. The highest BCUT2D eigenvalue weighted by Gasteiger charge is 2.51. The minimum Gasteiger partial charge on any atom is -0.399 e. The molecule has 0 spiro atoms. The molecule has 1 aromatic rings. The second-order valence-electron chi connectivity index (χ2n) is 6.65. The zero-order valence-corrected chi connectivity index (χ0v) is 14.6. The molecule has 0 unspecified atom stereocenters. The van der Waals surface area contributed by atoms with Crippen LogP contribution in [0.25, 0.3) is 0 Å². The highest BCUT2D eigenvalue weighted by molar-refractivity contribution is 6.62. The van der Waals surface area contributed by atoms with Gasteiger partial charge < -0.3 is 19.2 Å². The molecule has 0 saturated carbocycles. The van der Waals surface area contributed by atoms with Crippen LogP contribution in [0.15, 0.2) is 34.5 Å². The van der Waals surface area contributed by atoms with Crippen molar-refractivity contribution in [3.05, 3.63) is 35.0 Å². The number of aliphatic imine (C=N–C) groups is 1. The first-order valence-electron chi connectivity index (χ1n) is 7.58. The highest BCUT2D eigenvalue weighted by atomic mass is 16.7. The highest BCUT2D eigenvalue weighted by Crippen LogP contribution is 2.36. The van der Waals surface area contributed by atoms with Gasteiger partial charge in [-0.25, -0.2) is 4.99 Å². The van der Waals surface area contributed by atoms with E-state index in [-0.39, 0.29) is 5.56 Å². The van der Waals surface area contributed by atoms with Crippen molar-refractivity contribution in [2.45, 2.75) is 45.8 Å². The van der Waals surface area contributed by atoms with Crippen LogP contribution in [0.2, 0.25) is 0 Å². The number of aromatic nitrogens is 1. The van der Waals surface area contributed by atoms with Crippen molar-refractivity contribution < 1.29 is 9.31 Å². The van der Waals surface area contributed by atoms with Crippen LogP contribution in [0, 0.1) is 0 Å². The second-order valence-corrected chi connectivity index (χ2v) is 6.65. The molecule has 1 aliphatic rings. The van der Waals surface area contributed by atoms with E-state index in [9.17, 15) is 4.79 Å². The van der Waals surface area contributed by atoms with Crippen molar-refractivity contribution in [1.29, 1.82) is 0 Å². The second kappa shape index (κ2) is 5.98. The third-order valence-corrected chi connectivity index (χ3v) is 4.29. The largest absolute Gasteiger partial charge is 0.496 e. The molecule has 1 fully saturated rings. The lowest BCUT2D eigenvalue weighted by atomic mass is 9.80. The van der Waals surface area contributed by atoms with Crippen molar-refractivity contribution in [2.24, 2.45) is 12.0 Å². The van der Waals surface area contributed by atoms with Gasteiger partial charge in [0.1, 0.15) is 11.5 Å². The van der Waals surface area contributed by atoms with Crippen molar-refractivity contribution in [3.63, 3.8) is 0 Å². The summed E-state index contributed by atoms with van der Waals surface area (Å²) in [6.07, 6.45) is 3.33. The summed E-state index contributed by atoms with van der Waals surface area (Å²) in [5.74, 6) is 0.399. The maximum absolute atomic E-state index is 12.3. The minimum atomic E-state index is -0.532. The van der Waals surface area contributed by atoms with Gasteiger partial charge in [0.15, 0.2) is 0 Å². The van der Waals surface area contributed by atoms with Gasteiger partial charge in [0.05, 0.1) is 11.2 Å².